The van der Waals surface area contributed by atoms with Gasteiger partial charge < -0.3 is 19.9 Å². The van der Waals surface area contributed by atoms with E-state index in [0.717, 1.165) is 37.4 Å². The van der Waals surface area contributed by atoms with Crippen molar-refractivity contribution < 1.29 is 9.90 Å². The number of H-pyrrole nitrogens is 1. The number of aliphatic hydroxyl groups excluding tert-OH is 1. The molecule has 1 aromatic carbocycles. The molecular weight excluding hydrogens is 346 g/mol. The molecule has 2 aromatic heterocycles. The Balaban J connectivity index is 1.89. The highest BCUT2D eigenvalue weighted by Gasteiger charge is 2.20. The van der Waals surface area contributed by atoms with Crippen molar-refractivity contribution in [2.45, 2.75) is 19.3 Å². The van der Waals surface area contributed by atoms with Gasteiger partial charge in [-0.3, -0.25) is 14.0 Å². The third kappa shape index (κ3) is 3.06. The second-order valence-electron chi connectivity index (χ2n) is 6.96. The van der Waals surface area contributed by atoms with Crippen LogP contribution < -0.4 is 10.5 Å². The van der Waals surface area contributed by atoms with E-state index >= 15 is 0 Å². The monoisotopic (exact) mass is 369 g/mol. The first kappa shape index (κ1) is 17.5. The number of benzene rings is 1. The van der Waals surface area contributed by atoms with Gasteiger partial charge in [0.2, 0.25) is 5.95 Å². The van der Waals surface area contributed by atoms with Gasteiger partial charge in [0, 0.05) is 32.2 Å². The molecule has 0 spiro atoms. The summed E-state index contributed by atoms with van der Waals surface area (Å²) in [6.07, 6.45) is 5.00. The molecule has 3 aromatic rings. The van der Waals surface area contributed by atoms with Crippen LogP contribution >= 0.6 is 0 Å². The first-order valence-electron chi connectivity index (χ1n) is 9.25. The van der Waals surface area contributed by atoms with Crippen LogP contribution in [0.5, 0.6) is 0 Å². The van der Waals surface area contributed by atoms with Crippen molar-refractivity contribution in [3.8, 4) is 0 Å². The van der Waals surface area contributed by atoms with E-state index in [9.17, 15) is 9.59 Å². The Bertz CT molecular complexity index is 1050. The van der Waals surface area contributed by atoms with Gasteiger partial charge in [0.25, 0.3) is 11.5 Å². The highest BCUT2D eigenvalue weighted by atomic mass is 16.3. The Morgan fingerprint density at radius 1 is 1.26 bits per heavy atom. The lowest BCUT2D eigenvalue weighted by atomic mass is 10.1. The molecule has 0 unspecified atom stereocenters. The van der Waals surface area contributed by atoms with Crippen LogP contribution in [-0.2, 0) is 0 Å². The van der Waals surface area contributed by atoms with Crippen molar-refractivity contribution in [3.63, 3.8) is 0 Å². The molecule has 1 fully saturated rings. The van der Waals surface area contributed by atoms with Gasteiger partial charge in [0.1, 0.15) is 5.52 Å². The van der Waals surface area contributed by atoms with E-state index in [0.29, 0.717) is 16.6 Å². The number of amides is 1. The van der Waals surface area contributed by atoms with Crippen molar-refractivity contribution >= 4 is 28.4 Å². The first-order chi connectivity index (χ1) is 13.1. The van der Waals surface area contributed by atoms with Crippen LogP contribution in [0.1, 0.15) is 29.6 Å². The van der Waals surface area contributed by atoms with Gasteiger partial charge >= 0.3 is 0 Å². The summed E-state index contributed by atoms with van der Waals surface area (Å²) >= 11 is 0. The minimum Gasteiger partial charge on any atom is -0.395 e. The fraction of sp³-hybridized carbons (Fsp3) is 0.421. The number of carbonyl (C=O) groups excluding carboxylic acids is 1. The number of likely N-dealkylation sites (N-methyl/N-ethyl adjacent to an activating group) is 1. The molecule has 0 radical (unpaired) electrons. The van der Waals surface area contributed by atoms with Crippen molar-refractivity contribution in [1.29, 1.82) is 0 Å². The van der Waals surface area contributed by atoms with E-state index in [4.69, 9.17) is 5.11 Å². The zero-order valence-electron chi connectivity index (χ0n) is 15.3. The third-order valence-corrected chi connectivity index (χ3v) is 5.13. The highest BCUT2D eigenvalue weighted by molar-refractivity contribution is 5.97. The number of hydrogen-bond acceptors (Lipinski definition) is 5. The lowest BCUT2D eigenvalue weighted by molar-refractivity contribution is 0.0767. The predicted octanol–water partition coefficient (Wildman–Crippen LogP) is 1.23. The van der Waals surface area contributed by atoms with Crippen LogP contribution in [0.2, 0.25) is 0 Å². The first-order valence-corrected chi connectivity index (χ1v) is 9.25. The number of hydrogen-bond donors (Lipinski definition) is 2. The molecule has 1 amide bonds. The second-order valence-corrected chi connectivity index (χ2v) is 6.96. The van der Waals surface area contributed by atoms with Crippen molar-refractivity contribution in [2.75, 3.05) is 38.2 Å². The maximum absolute atomic E-state index is 12.6. The molecule has 1 saturated heterocycles. The van der Waals surface area contributed by atoms with Gasteiger partial charge in [-0.25, -0.2) is 4.98 Å². The number of anilines is 1. The fourth-order valence-electron chi connectivity index (χ4n) is 3.67. The molecule has 8 nitrogen and oxygen atoms in total. The summed E-state index contributed by atoms with van der Waals surface area (Å²) in [6.45, 7) is 1.99. The smallest absolute Gasteiger partial charge is 0.274 e. The normalized spacial score (nSPS) is 14.8. The standard InChI is InChI=1S/C19H23N5O3/c1-22(9-10-25)18(27)13-5-6-14-15(11-13)24-16(17(26)21-14)12-20-19(24)23-7-3-2-4-8-23/h5-6,11-12,25H,2-4,7-10H2,1H3,(H,21,26). The summed E-state index contributed by atoms with van der Waals surface area (Å²) < 4.78 is 1.85. The summed E-state index contributed by atoms with van der Waals surface area (Å²) in [6, 6.07) is 5.22. The lowest BCUT2D eigenvalue weighted by Crippen LogP contribution is -2.31. The maximum Gasteiger partial charge on any atom is 0.274 e. The largest absolute Gasteiger partial charge is 0.395 e. The minimum absolute atomic E-state index is 0.0893. The van der Waals surface area contributed by atoms with E-state index in [1.54, 1.807) is 31.4 Å². The summed E-state index contributed by atoms with van der Waals surface area (Å²) in [5.41, 5.74) is 2.17. The maximum atomic E-state index is 12.6. The van der Waals surface area contributed by atoms with E-state index in [2.05, 4.69) is 14.9 Å². The molecule has 1 aliphatic heterocycles. The van der Waals surface area contributed by atoms with Crippen LogP contribution in [0.3, 0.4) is 0 Å². The van der Waals surface area contributed by atoms with Crippen molar-refractivity contribution in [2.24, 2.45) is 0 Å². The third-order valence-electron chi connectivity index (χ3n) is 5.13. The molecule has 0 atom stereocenters. The number of aliphatic hydroxyl groups is 1. The van der Waals surface area contributed by atoms with Crippen LogP contribution in [-0.4, -0.2) is 63.6 Å². The topological polar surface area (TPSA) is 93.9 Å². The second kappa shape index (κ2) is 7.03. The molecule has 0 aliphatic carbocycles. The SMILES string of the molecule is CN(CCO)C(=O)c1ccc2[nH]c(=O)c3cnc(N4CCCCC4)n3c2c1. The molecule has 142 valence electrons. The summed E-state index contributed by atoms with van der Waals surface area (Å²) in [7, 11) is 1.65. The molecule has 4 rings (SSSR count). The average molecular weight is 369 g/mol. The highest BCUT2D eigenvalue weighted by Crippen LogP contribution is 2.24. The summed E-state index contributed by atoms with van der Waals surface area (Å²) in [5, 5.41) is 9.08. The van der Waals surface area contributed by atoms with Gasteiger partial charge in [0.15, 0.2) is 0 Å². The number of carbonyl (C=O) groups is 1. The van der Waals surface area contributed by atoms with Crippen LogP contribution in [0.4, 0.5) is 5.95 Å². The summed E-state index contributed by atoms with van der Waals surface area (Å²) in [5.74, 6) is 0.569. The minimum atomic E-state index is -0.199. The van der Waals surface area contributed by atoms with Crippen molar-refractivity contribution in [1.82, 2.24) is 19.3 Å². The molecular formula is C19H23N5O3. The lowest BCUT2D eigenvalue weighted by Gasteiger charge is -2.27. The number of nitrogens with zero attached hydrogens (tertiary/aromatic N) is 4. The van der Waals surface area contributed by atoms with E-state index in [-0.39, 0.29) is 24.6 Å². The van der Waals surface area contributed by atoms with Gasteiger partial charge in [0.05, 0.1) is 23.8 Å². The molecule has 2 N–H and O–H groups in total. The van der Waals surface area contributed by atoms with Gasteiger partial charge in [-0.05, 0) is 37.5 Å². The number of rotatable bonds is 4. The number of nitrogens with one attached hydrogen (secondary N) is 1. The summed E-state index contributed by atoms with van der Waals surface area (Å²) in [4.78, 5) is 36.1. The fourth-order valence-corrected chi connectivity index (χ4v) is 3.67. The zero-order valence-corrected chi connectivity index (χ0v) is 15.3. The number of piperidine rings is 1. The van der Waals surface area contributed by atoms with E-state index in [1.165, 1.54) is 11.3 Å². The Morgan fingerprint density at radius 3 is 2.78 bits per heavy atom. The molecule has 8 heteroatoms. The van der Waals surface area contributed by atoms with Crippen LogP contribution in [0.25, 0.3) is 16.6 Å². The molecule has 3 heterocycles. The van der Waals surface area contributed by atoms with Gasteiger partial charge in [-0.1, -0.05) is 0 Å². The Hall–Kier alpha value is -2.87. The predicted molar refractivity (Wildman–Crippen MR) is 103 cm³/mol. The molecule has 1 aliphatic rings. The molecule has 0 saturated carbocycles. The van der Waals surface area contributed by atoms with Gasteiger partial charge in [-0.2, -0.15) is 0 Å². The quantitative estimate of drug-likeness (QED) is 0.721. The van der Waals surface area contributed by atoms with E-state index < -0.39 is 0 Å². The number of fused-ring (bicyclic) bond motifs is 3. The average Bonchev–Trinajstić information content (AvgIpc) is 3.14. The Kier molecular flexibility index (Phi) is 4.57. The number of aromatic amines is 1. The number of aromatic nitrogens is 3. The van der Waals surface area contributed by atoms with Crippen LogP contribution in [0, 0.1) is 0 Å². The van der Waals surface area contributed by atoms with Gasteiger partial charge in [-0.15, -0.1) is 0 Å². The Morgan fingerprint density at radius 2 is 2.04 bits per heavy atom. The Labute approximate surface area is 156 Å². The zero-order chi connectivity index (χ0) is 19.0. The van der Waals surface area contributed by atoms with Crippen molar-refractivity contribution in [3.05, 3.63) is 40.3 Å². The van der Waals surface area contributed by atoms with Crippen LogP contribution in [0.15, 0.2) is 29.2 Å². The van der Waals surface area contributed by atoms with E-state index in [1.807, 2.05) is 4.40 Å². The molecule has 0 bridgehead atoms. The number of imidazole rings is 1. The molecule has 27 heavy (non-hydrogen) atoms.